The van der Waals surface area contributed by atoms with E-state index in [-0.39, 0.29) is 23.6 Å². The van der Waals surface area contributed by atoms with Crippen LogP contribution in [0.4, 0.5) is 0 Å². The molecule has 2 aromatic rings. The van der Waals surface area contributed by atoms with Gasteiger partial charge in [-0.2, -0.15) is 0 Å². The van der Waals surface area contributed by atoms with Crippen LogP contribution in [0.15, 0.2) is 48.5 Å². The van der Waals surface area contributed by atoms with Crippen LogP contribution < -0.4 is 5.32 Å². The molecule has 2 fully saturated rings. The monoisotopic (exact) mass is 517 g/mol. The molecule has 2 aromatic carbocycles. The second kappa shape index (κ2) is 12.6. The molecular formula is C31H39N3O4. The summed E-state index contributed by atoms with van der Waals surface area (Å²) >= 11 is 0. The molecule has 0 aliphatic carbocycles. The van der Waals surface area contributed by atoms with Crippen LogP contribution in [0, 0.1) is 11.8 Å². The molecule has 0 radical (unpaired) electrons. The van der Waals surface area contributed by atoms with Gasteiger partial charge in [-0.05, 0) is 60.3 Å². The van der Waals surface area contributed by atoms with Crippen molar-refractivity contribution in [1.82, 2.24) is 15.1 Å². The number of rotatable bonds is 8. The molecule has 3 aliphatic rings. The zero-order chi connectivity index (χ0) is 26.3. The summed E-state index contributed by atoms with van der Waals surface area (Å²) in [6.07, 6.45) is 5.16. The lowest BCUT2D eigenvalue weighted by Gasteiger charge is -2.32. The summed E-state index contributed by atoms with van der Waals surface area (Å²) < 4.78 is 5.44. The van der Waals surface area contributed by atoms with E-state index < -0.39 is 0 Å². The van der Waals surface area contributed by atoms with Gasteiger partial charge in [-0.1, -0.05) is 48.5 Å². The first-order valence-electron chi connectivity index (χ1n) is 14.1. The second-order valence-corrected chi connectivity index (χ2v) is 11.0. The van der Waals surface area contributed by atoms with E-state index in [1.54, 1.807) is 0 Å². The molecule has 1 N–H and O–H groups in total. The Morgan fingerprint density at radius 2 is 1.68 bits per heavy atom. The number of ether oxygens (including phenoxy) is 1. The predicted octanol–water partition coefficient (Wildman–Crippen LogP) is 3.49. The van der Waals surface area contributed by atoms with Gasteiger partial charge < -0.3 is 19.9 Å². The molecule has 5 rings (SSSR count). The highest BCUT2D eigenvalue weighted by Crippen LogP contribution is 2.24. The van der Waals surface area contributed by atoms with Crippen molar-refractivity contribution in [3.05, 3.63) is 70.8 Å². The third-order valence-corrected chi connectivity index (χ3v) is 8.31. The molecule has 1 atom stereocenters. The quantitative estimate of drug-likeness (QED) is 0.582. The summed E-state index contributed by atoms with van der Waals surface area (Å²) in [7, 11) is 0. The number of fused-ring (bicyclic) bond motifs is 1. The molecule has 3 amide bonds. The Morgan fingerprint density at radius 3 is 2.45 bits per heavy atom. The molecule has 0 aromatic heterocycles. The number of piperidine rings is 1. The van der Waals surface area contributed by atoms with Crippen molar-refractivity contribution >= 4 is 17.7 Å². The largest absolute Gasteiger partial charge is 0.381 e. The number of nitrogens with one attached hydrogen (secondary N) is 1. The van der Waals surface area contributed by atoms with Crippen molar-refractivity contribution in [3.63, 3.8) is 0 Å². The fraction of sp³-hybridized carbons (Fsp3) is 0.516. The molecule has 7 heteroatoms. The third kappa shape index (κ3) is 6.81. The molecule has 0 saturated carbocycles. The average molecular weight is 518 g/mol. The number of carbonyl (C=O) groups excluding carboxylic acids is 3. The Balaban J connectivity index is 1.08. The number of nitrogens with zero attached hydrogens (tertiary/aromatic N) is 2. The van der Waals surface area contributed by atoms with E-state index >= 15 is 0 Å². The maximum Gasteiger partial charge on any atom is 0.226 e. The van der Waals surface area contributed by atoms with Crippen molar-refractivity contribution in [2.45, 2.75) is 58.0 Å². The Morgan fingerprint density at radius 1 is 0.868 bits per heavy atom. The second-order valence-electron chi connectivity index (χ2n) is 11.0. The van der Waals surface area contributed by atoms with E-state index in [1.165, 1.54) is 5.56 Å². The van der Waals surface area contributed by atoms with Crippen LogP contribution in [-0.4, -0.2) is 60.4 Å². The van der Waals surface area contributed by atoms with E-state index in [9.17, 15) is 14.4 Å². The van der Waals surface area contributed by atoms with Gasteiger partial charge in [-0.3, -0.25) is 14.4 Å². The normalized spacial score (nSPS) is 19.7. The van der Waals surface area contributed by atoms with E-state index in [4.69, 9.17) is 4.74 Å². The third-order valence-electron chi connectivity index (χ3n) is 8.31. The molecule has 3 heterocycles. The molecule has 38 heavy (non-hydrogen) atoms. The minimum absolute atomic E-state index is 0.0452. The maximum atomic E-state index is 13.1. The maximum absolute atomic E-state index is 13.1. The van der Waals surface area contributed by atoms with Crippen LogP contribution in [0.2, 0.25) is 0 Å². The fourth-order valence-corrected chi connectivity index (χ4v) is 5.84. The standard InChI is InChI=1S/C31H39N3O4/c35-29(9-7-24-13-17-38-22-24)34-16-10-26-8-6-25(18-28(26)21-34)19-30(36)33-14-11-27(12-15-33)31(37)32-20-23-4-2-1-3-5-23/h1-6,8,18,24,27H,7,9-17,19-22H2,(H,32,37). The van der Waals surface area contributed by atoms with Gasteiger partial charge in [0, 0.05) is 58.3 Å². The average Bonchev–Trinajstić information content (AvgIpc) is 3.49. The summed E-state index contributed by atoms with van der Waals surface area (Å²) in [6.45, 7) is 4.75. The van der Waals surface area contributed by atoms with E-state index in [0.717, 1.165) is 55.7 Å². The first kappa shape index (κ1) is 26.4. The Kier molecular flexibility index (Phi) is 8.74. The summed E-state index contributed by atoms with van der Waals surface area (Å²) in [5, 5.41) is 3.04. The number of likely N-dealkylation sites (tertiary alicyclic amines) is 1. The van der Waals surface area contributed by atoms with E-state index in [2.05, 4.69) is 23.5 Å². The van der Waals surface area contributed by atoms with Crippen molar-refractivity contribution in [3.8, 4) is 0 Å². The molecule has 3 aliphatic heterocycles. The summed E-state index contributed by atoms with van der Waals surface area (Å²) in [5.41, 5.74) is 4.52. The molecule has 1 unspecified atom stereocenters. The number of hydrogen-bond donors (Lipinski definition) is 1. The highest BCUT2D eigenvalue weighted by molar-refractivity contribution is 5.81. The van der Waals surface area contributed by atoms with Gasteiger partial charge in [-0.25, -0.2) is 0 Å². The van der Waals surface area contributed by atoms with Crippen LogP contribution in [0.1, 0.15) is 54.4 Å². The summed E-state index contributed by atoms with van der Waals surface area (Å²) in [5.74, 6) is 0.875. The topological polar surface area (TPSA) is 79.0 Å². The Labute approximate surface area is 225 Å². The van der Waals surface area contributed by atoms with Crippen molar-refractivity contribution in [2.75, 3.05) is 32.8 Å². The Bertz CT molecular complexity index is 1120. The van der Waals surface area contributed by atoms with Crippen LogP contribution in [0.3, 0.4) is 0 Å². The number of amides is 3. The van der Waals surface area contributed by atoms with Gasteiger partial charge >= 0.3 is 0 Å². The minimum atomic E-state index is -0.0452. The lowest BCUT2D eigenvalue weighted by Crippen LogP contribution is -2.43. The summed E-state index contributed by atoms with van der Waals surface area (Å²) in [4.78, 5) is 42.3. The van der Waals surface area contributed by atoms with Gasteiger partial charge in [0.25, 0.3) is 0 Å². The fourth-order valence-electron chi connectivity index (χ4n) is 5.84. The van der Waals surface area contributed by atoms with Gasteiger partial charge in [0.05, 0.1) is 6.42 Å². The first-order valence-corrected chi connectivity index (χ1v) is 14.1. The van der Waals surface area contributed by atoms with Crippen LogP contribution >= 0.6 is 0 Å². The SMILES string of the molecule is O=C(NCc1ccccc1)C1CCN(C(=O)Cc2ccc3c(c2)CN(C(=O)CCC2CCOC2)CC3)CC1. The smallest absolute Gasteiger partial charge is 0.226 e. The van der Waals surface area contributed by atoms with Crippen molar-refractivity contribution in [1.29, 1.82) is 0 Å². The molecule has 202 valence electrons. The van der Waals surface area contributed by atoms with Crippen LogP contribution in [-0.2, 0) is 45.1 Å². The van der Waals surface area contributed by atoms with Gasteiger partial charge in [0.15, 0.2) is 0 Å². The highest BCUT2D eigenvalue weighted by atomic mass is 16.5. The zero-order valence-electron chi connectivity index (χ0n) is 22.2. The van der Waals surface area contributed by atoms with E-state index in [1.807, 2.05) is 40.1 Å². The number of carbonyl (C=O) groups is 3. The Hall–Kier alpha value is -3.19. The van der Waals surface area contributed by atoms with Gasteiger partial charge in [0.1, 0.15) is 0 Å². The van der Waals surface area contributed by atoms with Gasteiger partial charge in [-0.15, -0.1) is 0 Å². The summed E-state index contributed by atoms with van der Waals surface area (Å²) in [6, 6.07) is 16.2. The first-order chi connectivity index (χ1) is 18.5. The van der Waals surface area contributed by atoms with E-state index in [0.29, 0.717) is 57.8 Å². The molecule has 7 nitrogen and oxygen atoms in total. The molecule has 0 bridgehead atoms. The molecule has 0 spiro atoms. The minimum Gasteiger partial charge on any atom is -0.381 e. The highest BCUT2D eigenvalue weighted by Gasteiger charge is 2.28. The molecular weight excluding hydrogens is 478 g/mol. The van der Waals surface area contributed by atoms with Crippen molar-refractivity contribution in [2.24, 2.45) is 11.8 Å². The lowest BCUT2D eigenvalue weighted by molar-refractivity contribution is -0.135. The lowest BCUT2D eigenvalue weighted by atomic mass is 9.94. The zero-order valence-corrected chi connectivity index (χ0v) is 22.2. The number of hydrogen-bond acceptors (Lipinski definition) is 4. The van der Waals surface area contributed by atoms with Crippen LogP contribution in [0.5, 0.6) is 0 Å². The predicted molar refractivity (Wildman–Crippen MR) is 145 cm³/mol. The van der Waals surface area contributed by atoms with Gasteiger partial charge in [0.2, 0.25) is 17.7 Å². The van der Waals surface area contributed by atoms with Crippen molar-refractivity contribution < 1.29 is 19.1 Å². The number of benzene rings is 2. The molecule has 2 saturated heterocycles. The van der Waals surface area contributed by atoms with Crippen LogP contribution in [0.25, 0.3) is 0 Å².